The van der Waals surface area contributed by atoms with Gasteiger partial charge in [0.1, 0.15) is 0 Å². The van der Waals surface area contributed by atoms with Gasteiger partial charge in [-0.2, -0.15) is 0 Å². The van der Waals surface area contributed by atoms with Crippen LogP contribution in [0.5, 0.6) is 0 Å². The first kappa shape index (κ1) is 12.8. The Balaban J connectivity index is 2.14. The molecule has 0 spiro atoms. The third-order valence-corrected chi connectivity index (χ3v) is 3.11. The summed E-state index contributed by atoms with van der Waals surface area (Å²) in [5.41, 5.74) is 2.87. The second-order valence-electron chi connectivity index (χ2n) is 4.12. The van der Waals surface area contributed by atoms with Crippen LogP contribution in [0.2, 0.25) is 0 Å². The molecule has 0 heterocycles. The first-order valence-corrected chi connectivity index (χ1v) is 6.49. The lowest BCUT2D eigenvalue weighted by molar-refractivity contribution is 0.104. The van der Waals surface area contributed by atoms with Crippen LogP contribution >= 0.6 is 15.9 Å². The molecule has 0 saturated carbocycles. The lowest BCUT2D eigenvalue weighted by Crippen LogP contribution is -1.93. The fraction of sp³-hybridized carbons (Fsp3) is 0.0625. The first-order chi connectivity index (χ1) is 8.65. The van der Waals surface area contributed by atoms with E-state index >= 15 is 0 Å². The van der Waals surface area contributed by atoms with Crippen molar-refractivity contribution in [1.29, 1.82) is 0 Å². The van der Waals surface area contributed by atoms with Crippen LogP contribution in [0.15, 0.2) is 59.1 Å². The Morgan fingerprint density at radius 3 is 2.50 bits per heavy atom. The third-order valence-electron chi connectivity index (χ3n) is 2.61. The fourth-order valence-corrected chi connectivity index (χ4v) is 2.01. The Bertz CT molecular complexity index is 582. The van der Waals surface area contributed by atoms with E-state index in [1.54, 1.807) is 6.08 Å². The van der Waals surface area contributed by atoms with Crippen LogP contribution in [0.1, 0.15) is 21.5 Å². The molecule has 0 radical (unpaired) electrons. The summed E-state index contributed by atoms with van der Waals surface area (Å²) in [5, 5.41) is 0. The second-order valence-corrected chi connectivity index (χ2v) is 5.03. The molecule has 0 amide bonds. The van der Waals surface area contributed by atoms with Gasteiger partial charge in [-0.1, -0.05) is 64.0 Å². The first-order valence-electron chi connectivity index (χ1n) is 5.70. The number of rotatable bonds is 3. The van der Waals surface area contributed by atoms with Crippen molar-refractivity contribution < 1.29 is 4.79 Å². The van der Waals surface area contributed by atoms with Gasteiger partial charge in [0.15, 0.2) is 5.78 Å². The Morgan fingerprint density at radius 1 is 1.11 bits per heavy atom. The van der Waals surface area contributed by atoms with Gasteiger partial charge < -0.3 is 0 Å². The Kier molecular flexibility index (Phi) is 4.11. The molecule has 0 atom stereocenters. The maximum atomic E-state index is 11.9. The molecule has 0 N–H and O–H groups in total. The van der Waals surface area contributed by atoms with Crippen LogP contribution in [-0.2, 0) is 0 Å². The maximum Gasteiger partial charge on any atom is 0.185 e. The minimum Gasteiger partial charge on any atom is -0.289 e. The van der Waals surface area contributed by atoms with Crippen molar-refractivity contribution in [2.45, 2.75) is 6.92 Å². The van der Waals surface area contributed by atoms with E-state index in [1.165, 1.54) is 0 Å². The summed E-state index contributed by atoms with van der Waals surface area (Å²) in [6, 6.07) is 15.4. The molecule has 0 aromatic heterocycles. The number of benzene rings is 2. The average molecular weight is 301 g/mol. The summed E-state index contributed by atoms with van der Waals surface area (Å²) >= 11 is 3.40. The van der Waals surface area contributed by atoms with Crippen LogP contribution in [0.25, 0.3) is 6.08 Å². The number of aryl methyl sites for hydroxylation is 1. The zero-order valence-electron chi connectivity index (χ0n) is 10.1. The molecule has 2 rings (SSSR count). The number of hydrogen-bond donors (Lipinski definition) is 0. The summed E-state index contributed by atoms with van der Waals surface area (Å²) in [7, 11) is 0. The molecule has 2 aromatic carbocycles. The highest BCUT2D eigenvalue weighted by atomic mass is 79.9. The van der Waals surface area contributed by atoms with Gasteiger partial charge in [0.25, 0.3) is 0 Å². The molecular weight excluding hydrogens is 288 g/mol. The van der Waals surface area contributed by atoms with Gasteiger partial charge in [-0.3, -0.25) is 4.79 Å². The number of allylic oxidation sites excluding steroid dienone is 1. The fourth-order valence-electron chi connectivity index (χ4n) is 1.60. The summed E-state index contributed by atoms with van der Waals surface area (Å²) in [6.07, 6.45) is 3.43. The highest BCUT2D eigenvalue weighted by Gasteiger charge is 2.00. The number of carbonyl (C=O) groups excluding carboxylic acids is 1. The van der Waals surface area contributed by atoms with Gasteiger partial charge in [-0.05, 0) is 30.7 Å². The SMILES string of the molecule is Cc1ccc(C(=O)/C=C/c2cccc(Br)c2)cc1. The van der Waals surface area contributed by atoms with Gasteiger partial charge in [0.05, 0.1) is 0 Å². The lowest BCUT2D eigenvalue weighted by atomic mass is 10.1. The lowest BCUT2D eigenvalue weighted by Gasteiger charge is -1.97. The van der Waals surface area contributed by atoms with E-state index in [2.05, 4.69) is 15.9 Å². The zero-order valence-corrected chi connectivity index (χ0v) is 11.6. The number of carbonyl (C=O) groups is 1. The number of ketones is 1. The maximum absolute atomic E-state index is 11.9. The van der Waals surface area contributed by atoms with Gasteiger partial charge in [-0.15, -0.1) is 0 Å². The molecule has 2 aromatic rings. The van der Waals surface area contributed by atoms with Crippen LogP contribution in [0.3, 0.4) is 0 Å². The van der Waals surface area contributed by atoms with Crippen LogP contribution < -0.4 is 0 Å². The molecule has 1 nitrogen and oxygen atoms in total. The van der Waals surface area contributed by atoms with Crippen molar-refractivity contribution in [3.8, 4) is 0 Å². The van der Waals surface area contributed by atoms with E-state index in [0.717, 1.165) is 15.6 Å². The average Bonchev–Trinajstić information content (AvgIpc) is 2.37. The largest absolute Gasteiger partial charge is 0.289 e. The third kappa shape index (κ3) is 3.41. The molecule has 0 fully saturated rings. The van der Waals surface area contributed by atoms with Gasteiger partial charge in [-0.25, -0.2) is 0 Å². The molecular formula is C16H13BrO. The van der Waals surface area contributed by atoms with Crippen molar-refractivity contribution in [3.05, 3.63) is 75.8 Å². The van der Waals surface area contributed by atoms with Crippen LogP contribution in [0, 0.1) is 6.92 Å². The van der Waals surface area contributed by atoms with Gasteiger partial charge >= 0.3 is 0 Å². The second kappa shape index (κ2) is 5.78. The van der Waals surface area contributed by atoms with E-state index in [9.17, 15) is 4.79 Å². The Morgan fingerprint density at radius 2 is 1.83 bits per heavy atom. The topological polar surface area (TPSA) is 17.1 Å². The van der Waals surface area contributed by atoms with E-state index < -0.39 is 0 Å². The predicted molar refractivity (Wildman–Crippen MR) is 78.7 cm³/mol. The molecule has 2 heteroatoms. The highest BCUT2D eigenvalue weighted by molar-refractivity contribution is 9.10. The summed E-state index contributed by atoms with van der Waals surface area (Å²) < 4.78 is 1.01. The normalized spacial score (nSPS) is 10.8. The minimum absolute atomic E-state index is 0.0231. The molecule has 0 aliphatic carbocycles. The minimum atomic E-state index is 0.0231. The molecule has 0 saturated heterocycles. The van der Waals surface area contributed by atoms with E-state index in [0.29, 0.717) is 5.56 Å². The molecule has 0 aliphatic heterocycles. The molecule has 0 aliphatic rings. The monoisotopic (exact) mass is 300 g/mol. The number of halogens is 1. The number of hydrogen-bond acceptors (Lipinski definition) is 1. The highest BCUT2D eigenvalue weighted by Crippen LogP contribution is 2.13. The van der Waals surface area contributed by atoms with E-state index in [4.69, 9.17) is 0 Å². The predicted octanol–water partition coefficient (Wildman–Crippen LogP) is 4.65. The molecule has 0 unspecified atom stereocenters. The summed E-state index contributed by atoms with van der Waals surface area (Å²) in [6.45, 7) is 2.01. The Hall–Kier alpha value is -1.67. The van der Waals surface area contributed by atoms with Crippen molar-refractivity contribution in [2.24, 2.45) is 0 Å². The standard InChI is InChI=1S/C16H13BrO/c1-12-5-8-14(9-6-12)16(18)10-7-13-3-2-4-15(17)11-13/h2-11H,1H3/b10-7+. The van der Waals surface area contributed by atoms with E-state index in [-0.39, 0.29) is 5.78 Å². The summed E-state index contributed by atoms with van der Waals surface area (Å²) in [4.78, 5) is 11.9. The molecule has 90 valence electrons. The van der Waals surface area contributed by atoms with E-state index in [1.807, 2.05) is 61.5 Å². The van der Waals surface area contributed by atoms with Gasteiger partial charge in [0.2, 0.25) is 0 Å². The smallest absolute Gasteiger partial charge is 0.185 e. The molecule has 18 heavy (non-hydrogen) atoms. The van der Waals surface area contributed by atoms with Crippen molar-refractivity contribution in [2.75, 3.05) is 0 Å². The van der Waals surface area contributed by atoms with Crippen molar-refractivity contribution in [3.63, 3.8) is 0 Å². The van der Waals surface area contributed by atoms with Crippen LogP contribution in [-0.4, -0.2) is 5.78 Å². The quantitative estimate of drug-likeness (QED) is 0.595. The zero-order chi connectivity index (χ0) is 13.0. The van der Waals surface area contributed by atoms with Crippen molar-refractivity contribution in [1.82, 2.24) is 0 Å². The Labute approximate surface area is 115 Å². The van der Waals surface area contributed by atoms with Gasteiger partial charge in [0, 0.05) is 10.0 Å². The van der Waals surface area contributed by atoms with Crippen LogP contribution in [0.4, 0.5) is 0 Å². The van der Waals surface area contributed by atoms with Crippen molar-refractivity contribution >= 4 is 27.8 Å². The summed E-state index contributed by atoms with van der Waals surface area (Å²) in [5.74, 6) is 0.0231. The molecule has 0 bridgehead atoms.